The molecule has 1 aromatic carbocycles. The molecule has 0 unspecified atom stereocenters. The fourth-order valence-electron chi connectivity index (χ4n) is 2.78. The number of benzene rings is 1. The van der Waals surface area contributed by atoms with E-state index in [-0.39, 0.29) is 11.8 Å². The Balaban J connectivity index is 0.000000730. The maximum Gasteiger partial charge on any atom is 0.227 e. The normalized spacial score (nSPS) is 13.3. The molecule has 0 radical (unpaired) electrons. The summed E-state index contributed by atoms with van der Waals surface area (Å²) in [4.78, 5) is 12.2. The van der Waals surface area contributed by atoms with Crippen molar-refractivity contribution in [2.24, 2.45) is 5.92 Å². The molecule has 4 nitrogen and oxygen atoms in total. The van der Waals surface area contributed by atoms with Crippen LogP contribution in [-0.4, -0.2) is 11.1 Å². The Morgan fingerprint density at radius 1 is 1.12 bits per heavy atom. The second-order valence-electron chi connectivity index (χ2n) is 5.70. The number of aromatic nitrogens is 1. The van der Waals surface area contributed by atoms with Gasteiger partial charge in [0.15, 0.2) is 0 Å². The largest absolute Gasteiger partial charge is 0.361 e. The summed E-state index contributed by atoms with van der Waals surface area (Å²) in [5.41, 5.74) is 3.03. The van der Waals surface area contributed by atoms with Gasteiger partial charge in [0.2, 0.25) is 5.91 Å². The van der Waals surface area contributed by atoms with Crippen LogP contribution >= 0.6 is 0 Å². The van der Waals surface area contributed by atoms with Crippen LogP contribution in [-0.2, 0) is 24.1 Å². The summed E-state index contributed by atoms with van der Waals surface area (Å²) in [6.07, 6.45) is 5.00. The van der Waals surface area contributed by atoms with Gasteiger partial charge in [0.1, 0.15) is 5.76 Å². The minimum Gasteiger partial charge on any atom is -0.361 e. The van der Waals surface area contributed by atoms with Crippen LogP contribution in [0.1, 0.15) is 64.5 Å². The highest BCUT2D eigenvalue weighted by atomic mass is 16.5. The molecule has 2 aromatic rings. The van der Waals surface area contributed by atoms with Gasteiger partial charge in [-0.25, -0.2) is 0 Å². The zero-order valence-corrected chi connectivity index (χ0v) is 16.3. The summed E-state index contributed by atoms with van der Waals surface area (Å²) in [6, 6.07) is 9.54. The van der Waals surface area contributed by atoms with E-state index in [9.17, 15) is 4.79 Å². The van der Waals surface area contributed by atoms with Crippen LogP contribution in [0.2, 0.25) is 0 Å². The number of para-hydroxylation sites is 1. The maximum atomic E-state index is 12.2. The van der Waals surface area contributed by atoms with E-state index in [0.717, 1.165) is 30.0 Å². The number of amides is 1. The van der Waals surface area contributed by atoms with E-state index in [1.54, 1.807) is 0 Å². The number of nitrogens with zero attached hydrogens (tertiary/aromatic N) is 1. The van der Waals surface area contributed by atoms with E-state index in [0.29, 0.717) is 6.42 Å². The van der Waals surface area contributed by atoms with Crippen molar-refractivity contribution in [3.05, 3.63) is 47.3 Å². The molecule has 1 N–H and O–H groups in total. The molecule has 1 aliphatic carbocycles. The average molecular weight is 344 g/mol. The van der Waals surface area contributed by atoms with Gasteiger partial charge in [-0.1, -0.05) is 58.0 Å². The van der Waals surface area contributed by atoms with Crippen LogP contribution in [0.5, 0.6) is 0 Å². The van der Waals surface area contributed by atoms with Crippen molar-refractivity contribution in [1.82, 2.24) is 5.16 Å². The summed E-state index contributed by atoms with van der Waals surface area (Å²) in [7, 11) is 0. The van der Waals surface area contributed by atoms with Crippen LogP contribution < -0.4 is 5.32 Å². The van der Waals surface area contributed by atoms with Gasteiger partial charge in [-0.3, -0.25) is 4.79 Å². The first-order valence-corrected chi connectivity index (χ1v) is 9.56. The van der Waals surface area contributed by atoms with Crippen LogP contribution in [0.4, 0.5) is 5.69 Å². The van der Waals surface area contributed by atoms with Crippen molar-refractivity contribution in [3.8, 4) is 0 Å². The molecule has 138 valence electrons. The Morgan fingerprint density at radius 2 is 1.76 bits per heavy atom. The highest BCUT2D eigenvalue weighted by Gasteiger charge is 2.23. The molecule has 1 heterocycles. The molecule has 1 amide bonds. The van der Waals surface area contributed by atoms with E-state index in [4.69, 9.17) is 4.52 Å². The predicted molar refractivity (Wildman–Crippen MR) is 104 cm³/mol. The number of aryl methyl sites for hydroxylation is 1. The third-order valence-electron chi connectivity index (χ3n) is 4.02. The first-order valence-electron chi connectivity index (χ1n) is 9.56. The number of fused-ring (bicyclic) bond motifs is 1. The topological polar surface area (TPSA) is 55.1 Å². The zero-order valence-electron chi connectivity index (χ0n) is 16.3. The molecular weight excluding hydrogens is 312 g/mol. The minimum absolute atomic E-state index is 0.0220. The summed E-state index contributed by atoms with van der Waals surface area (Å²) in [5, 5.41) is 7.11. The summed E-state index contributed by atoms with van der Waals surface area (Å²) >= 11 is 0. The van der Waals surface area contributed by atoms with Gasteiger partial charge in [0.05, 0.1) is 5.69 Å². The Labute approximate surface area is 152 Å². The van der Waals surface area contributed by atoms with E-state index in [1.165, 1.54) is 18.4 Å². The number of carbonyl (C=O) groups is 1. The van der Waals surface area contributed by atoms with Crippen LogP contribution in [0.25, 0.3) is 0 Å². The summed E-state index contributed by atoms with van der Waals surface area (Å²) < 4.78 is 5.40. The smallest absolute Gasteiger partial charge is 0.227 e. The van der Waals surface area contributed by atoms with E-state index < -0.39 is 0 Å². The van der Waals surface area contributed by atoms with Crippen molar-refractivity contribution >= 4 is 11.6 Å². The molecule has 4 heteroatoms. The number of nitrogens with one attached hydrogen (secondary N) is 1. The third-order valence-corrected chi connectivity index (χ3v) is 4.02. The van der Waals surface area contributed by atoms with Gasteiger partial charge in [-0.2, -0.15) is 0 Å². The lowest BCUT2D eigenvalue weighted by Crippen LogP contribution is -2.22. The highest BCUT2D eigenvalue weighted by Crippen LogP contribution is 2.26. The zero-order chi connectivity index (χ0) is 18.7. The molecule has 0 saturated heterocycles. The van der Waals surface area contributed by atoms with Crippen molar-refractivity contribution in [2.75, 3.05) is 5.32 Å². The fraction of sp³-hybridized carbons (Fsp3) is 0.524. The van der Waals surface area contributed by atoms with Crippen LogP contribution in [0.15, 0.2) is 34.9 Å². The molecule has 1 atom stereocenters. The molecule has 1 aliphatic rings. The maximum absolute atomic E-state index is 12.2. The number of rotatable bonds is 4. The predicted octanol–water partition coefficient (Wildman–Crippen LogP) is 5.42. The van der Waals surface area contributed by atoms with E-state index >= 15 is 0 Å². The summed E-state index contributed by atoms with van der Waals surface area (Å²) in [5.74, 6) is 0.919. The van der Waals surface area contributed by atoms with Gasteiger partial charge in [0.25, 0.3) is 0 Å². The second kappa shape index (κ2) is 11.5. The van der Waals surface area contributed by atoms with Crippen LogP contribution in [0.3, 0.4) is 0 Å². The SMILES string of the molecule is CC.CC.C[C@H](Cc1noc2c1CCCC2)C(=O)Nc1ccccc1. The third kappa shape index (κ3) is 6.04. The molecule has 3 rings (SSSR count). The molecule has 0 aliphatic heterocycles. The van der Waals surface area contributed by atoms with Gasteiger partial charge >= 0.3 is 0 Å². The lowest BCUT2D eigenvalue weighted by molar-refractivity contribution is -0.119. The Kier molecular flexibility index (Phi) is 9.60. The molecule has 0 bridgehead atoms. The first-order chi connectivity index (χ1) is 12.2. The van der Waals surface area contributed by atoms with Crippen molar-refractivity contribution in [1.29, 1.82) is 0 Å². The Hall–Kier alpha value is -2.10. The minimum atomic E-state index is -0.124. The van der Waals surface area contributed by atoms with Gasteiger partial charge in [0, 0.05) is 30.0 Å². The lowest BCUT2D eigenvalue weighted by Gasteiger charge is -2.13. The van der Waals surface area contributed by atoms with E-state index in [1.807, 2.05) is 65.0 Å². The quantitative estimate of drug-likeness (QED) is 0.805. The van der Waals surface area contributed by atoms with Gasteiger partial charge < -0.3 is 9.84 Å². The Bertz CT molecular complexity index is 620. The lowest BCUT2D eigenvalue weighted by atomic mass is 9.93. The van der Waals surface area contributed by atoms with Gasteiger partial charge in [-0.15, -0.1) is 0 Å². The molecule has 0 saturated carbocycles. The van der Waals surface area contributed by atoms with Gasteiger partial charge in [-0.05, 0) is 31.4 Å². The molecule has 0 fully saturated rings. The molecular formula is C21H32N2O2. The Morgan fingerprint density at radius 3 is 2.44 bits per heavy atom. The number of carbonyl (C=O) groups excluding carboxylic acids is 1. The number of hydrogen-bond acceptors (Lipinski definition) is 3. The second-order valence-corrected chi connectivity index (χ2v) is 5.70. The fourth-order valence-corrected chi connectivity index (χ4v) is 2.78. The molecule has 25 heavy (non-hydrogen) atoms. The van der Waals surface area contributed by atoms with Crippen molar-refractivity contribution in [2.45, 2.75) is 66.7 Å². The van der Waals surface area contributed by atoms with E-state index in [2.05, 4.69) is 10.5 Å². The summed E-state index contributed by atoms with van der Waals surface area (Å²) in [6.45, 7) is 9.93. The first kappa shape index (κ1) is 20.9. The highest BCUT2D eigenvalue weighted by molar-refractivity contribution is 5.92. The average Bonchev–Trinajstić information content (AvgIpc) is 3.09. The monoisotopic (exact) mass is 344 g/mol. The van der Waals surface area contributed by atoms with Crippen molar-refractivity contribution < 1.29 is 9.32 Å². The van der Waals surface area contributed by atoms with Crippen LogP contribution in [0, 0.1) is 5.92 Å². The number of anilines is 1. The van der Waals surface area contributed by atoms with Crippen molar-refractivity contribution in [3.63, 3.8) is 0 Å². The molecule has 0 spiro atoms. The molecule has 1 aromatic heterocycles. The standard InChI is InChI=1S/C17H20N2O2.2C2H6/c1-12(17(20)18-13-7-3-2-4-8-13)11-15-14-9-5-6-10-16(14)21-19-15;2*1-2/h2-4,7-8,12H,5-6,9-11H2,1H3,(H,18,20);2*1-2H3/t12-;;/m1../s1. The number of hydrogen-bond donors (Lipinski definition) is 1.